The fourth-order valence-electron chi connectivity index (χ4n) is 3.69. The predicted octanol–water partition coefficient (Wildman–Crippen LogP) is 2.93. The summed E-state index contributed by atoms with van der Waals surface area (Å²) in [6.07, 6.45) is 1.09. The van der Waals surface area contributed by atoms with Gasteiger partial charge in [0.25, 0.3) is 0 Å². The molecule has 2 amide bonds. The van der Waals surface area contributed by atoms with Crippen molar-refractivity contribution in [3.05, 3.63) is 64.7 Å². The molecule has 1 atom stereocenters. The van der Waals surface area contributed by atoms with Gasteiger partial charge in [0.15, 0.2) is 0 Å². The van der Waals surface area contributed by atoms with E-state index >= 15 is 0 Å². The average molecular weight is 460 g/mol. The second kappa shape index (κ2) is 10.6. The van der Waals surface area contributed by atoms with Crippen LogP contribution >= 0.6 is 0 Å². The summed E-state index contributed by atoms with van der Waals surface area (Å²) in [5.41, 5.74) is 3.90. The summed E-state index contributed by atoms with van der Waals surface area (Å²) in [7, 11) is -3.74. The number of anilines is 1. The largest absolute Gasteiger partial charge is 0.355 e. The molecule has 7 nitrogen and oxygen atoms in total. The van der Waals surface area contributed by atoms with E-state index in [1.807, 2.05) is 70.2 Å². The van der Waals surface area contributed by atoms with Crippen LogP contribution in [0.25, 0.3) is 0 Å². The number of rotatable bonds is 9. The smallest absolute Gasteiger partial charge is 0.244 e. The zero-order chi connectivity index (χ0) is 24.1. The van der Waals surface area contributed by atoms with Gasteiger partial charge in [-0.3, -0.25) is 13.9 Å². The van der Waals surface area contributed by atoms with Gasteiger partial charge in [-0.1, -0.05) is 48.0 Å². The Morgan fingerprint density at radius 1 is 1.03 bits per heavy atom. The van der Waals surface area contributed by atoms with Crippen molar-refractivity contribution in [3.8, 4) is 0 Å². The Labute approximate surface area is 191 Å². The van der Waals surface area contributed by atoms with Crippen LogP contribution in [0.5, 0.6) is 0 Å². The summed E-state index contributed by atoms with van der Waals surface area (Å²) in [5.74, 6) is -0.732. The van der Waals surface area contributed by atoms with E-state index in [1.165, 1.54) is 4.90 Å². The first-order chi connectivity index (χ1) is 15.0. The molecule has 0 aliphatic carbocycles. The third-order valence-corrected chi connectivity index (χ3v) is 6.43. The molecule has 0 saturated carbocycles. The molecule has 32 heavy (non-hydrogen) atoms. The van der Waals surface area contributed by atoms with Crippen LogP contribution in [-0.4, -0.2) is 50.5 Å². The van der Waals surface area contributed by atoms with Gasteiger partial charge in [0.2, 0.25) is 21.8 Å². The molecule has 0 bridgehead atoms. The highest BCUT2D eigenvalue weighted by molar-refractivity contribution is 7.92. The number of nitrogens with zero attached hydrogens (tertiary/aromatic N) is 2. The van der Waals surface area contributed by atoms with E-state index in [2.05, 4.69) is 5.32 Å². The van der Waals surface area contributed by atoms with Crippen LogP contribution in [0.1, 0.15) is 36.1 Å². The zero-order valence-corrected chi connectivity index (χ0v) is 20.5. The minimum Gasteiger partial charge on any atom is -0.355 e. The van der Waals surface area contributed by atoms with E-state index < -0.39 is 22.0 Å². The number of sulfonamides is 1. The average Bonchev–Trinajstić information content (AvgIpc) is 2.70. The number of benzene rings is 2. The van der Waals surface area contributed by atoms with E-state index in [0.29, 0.717) is 12.2 Å². The number of carbonyl (C=O) groups excluding carboxylic acids is 2. The molecule has 0 radical (unpaired) electrons. The maximum atomic E-state index is 13.5. The number of hydrogen-bond acceptors (Lipinski definition) is 4. The third kappa shape index (κ3) is 6.32. The van der Waals surface area contributed by atoms with E-state index in [-0.39, 0.29) is 19.0 Å². The Morgan fingerprint density at radius 3 is 2.16 bits per heavy atom. The Bertz CT molecular complexity index is 1060. The van der Waals surface area contributed by atoms with Gasteiger partial charge in [-0.2, -0.15) is 0 Å². The van der Waals surface area contributed by atoms with Crippen LogP contribution in [0.15, 0.2) is 42.5 Å². The van der Waals surface area contributed by atoms with Crippen molar-refractivity contribution >= 4 is 27.5 Å². The van der Waals surface area contributed by atoms with Gasteiger partial charge in [-0.15, -0.1) is 0 Å². The van der Waals surface area contributed by atoms with Crippen molar-refractivity contribution in [1.82, 2.24) is 10.2 Å². The van der Waals surface area contributed by atoms with E-state index in [4.69, 9.17) is 0 Å². The number of carbonyl (C=O) groups is 2. The lowest BCUT2D eigenvalue weighted by Crippen LogP contribution is -2.51. The first-order valence-corrected chi connectivity index (χ1v) is 12.5. The van der Waals surface area contributed by atoms with E-state index in [9.17, 15) is 18.0 Å². The first-order valence-electron chi connectivity index (χ1n) is 10.6. The molecule has 0 aliphatic rings. The van der Waals surface area contributed by atoms with Crippen molar-refractivity contribution in [1.29, 1.82) is 0 Å². The summed E-state index contributed by atoms with van der Waals surface area (Å²) in [6, 6.07) is 12.4. The third-order valence-electron chi connectivity index (χ3n) is 5.32. The highest BCUT2D eigenvalue weighted by Crippen LogP contribution is 2.27. The maximum absolute atomic E-state index is 13.5. The summed E-state index contributed by atoms with van der Waals surface area (Å²) < 4.78 is 26.5. The van der Waals surface area contributed by atoms with Crippen LogP contribution in [0, 0.1) is 20.8 Å². The van der Waals surface area contributed by atoms with Crippen LogP contribution in [-0.2, 0) is 26.2 Å². The second-order valence-corrected chi connectivity index (χ2v) is 10.00. The molecule has 1 unspecified atom stereocenters. The monoisotopic (exact) mass is 459 g/mol. The van der Waals surface area contributed by atoms with E-state index in [0.717, 1.165) is 32.8 Å². The molecule has 1 N–H and O–H groups in total. The minimum atomic E-state index is -3.74. The lowest BCUT2D eigenvalue weighted by Gasteiger charge is -2.32. The molecular formula is C24H33N3O4S. The molecular weight excluding hydrogens is 426 g/mol. The fraction of sp³-hybridized carbons (Fsp3) is 0.417. The van der Waals surface area contributed by atoms with E-state index in [1.54, 1.807) is 6.92 Å². The Kier molecular flexibility index (Phi) is 8.44. The van der Waals surface area contributed by atoms with Crippen molar-refractivity contribution < 1.29 is 18.0 Å². The maximum Gasteiger partial charge on any atom is 0.244 e. The fourth-order valence-corrected chi connectivity index (χ4v) is 4.65. The van der Waals surface area contributed by atoms with Gasteiger partial charge in [0, 0.05) is 13.1 Å². The van der Waals surface area contributed by atoms with Gasteiger partial charge in [0.1, 0.15) is 12.6 Å². The van der Waals surface area contributed by atoms with Crippen molar-refractivity contribution in [2.75, 3.05) is 23.7 Å². The van der Waals surface area contributed by atoms with Crippen molar-refractivity contribution in [2.45, 2.75) is 47.2 Å². The Balaban J connectivity index is 2.45. The number of para-hydroxylation sites is 1. The summed E-state index contributed by atoms with van der Waals surface area (Å²) in [5, 5.41) is 2.75. The number of aryl methyl sites for hydroxylation is 3. The quantitative estimate of drug-likeness (QED) is 0.625. The molecule has 0 aliphatic heterocycles. The van der Waals surface area contributed by atoms with Crippen molar-refractivity contribution in [2.24, 2.45) is 0 Å². The molecule has 0 aromatic heterocycles. The molecule has 2 rings (SSSR count). The summed E-state index contributed by atoms with van der Waals surface area (Å²) in [6.45, 7) is 9.29. The molecule has 0 fully saturated rings. The predicted molar refractivity (Wildman–Crippen MR) is 128 cm³/mol. The number of nitrogens with one attached hydrogen (secondary N) is 1. The van der Waals surface area contributed by atoms with Gasteiger partial charge in [0.05, 0.1) is 11.9 Å². The molecule has 0 heterocycles. The standard InChI is InChI=1S/C24H33N3O4S/c1-7-25-24(29)20(5)26(15-21-13-8-10-17(2)14-21)22(28)16-27(32(6,30)31)23-18(3)11-9-12-19(23)4/h8-14,20H,7,15-16H2,1-6H3,(H,25,29). The van der Waals surface area contributed by atoms with Crippen LogP contribution in [0.3, 0.4) is 0 Å². The normalized spacial score (nSPS) is 12.2. The lowest BCUT2D eigenvalue weighted by atomic mass is 10.1. The summed E-state index contributed by atoms with van der Waals surface area (Å²) >= 11 is 0. The number of amides is 2. The zero-order valence-electron chi connectivity index (χ0n) is 19.7. The molecule has 0 saturated heterocycles. The molecule has 174 valence electrons. The molecule has 0 spiro atoms. The van der Waals surface area contributed by atoms with Gasteiger partial charge in [-0.25, -0.2) is 8.42 Å². The highest BCUT2D eigenvalue weighted by atomic mass is 32.2. The van der Waals surface area contributed by atoms with Gasteiger partial charge < -0.3 is 10.2 Å². The SMILES string of the molecule is CCNC(=O)C(C)N(Cc1cccc(C)c1)C(=O)CN(c1c(C)cccc1C)S(C)(=O)=O. The highest BCUT2D eigenvalue weighted by Gasteiger charge is 2.30. The second-order valence-electron chi connectivity index (χ2n) is 8.09. The van der Waals surface area contributed by atoms with Gasteiger partial charge >= 0.3 is 0 Å². The molecule has 8 heteroatoms. The molecule has 2 aromatic rings. The lowest BCUT2D eigenvalue weighted by molar-refractivity contribution is -0.139. The Morgan fingerprint density at radius 2 is 1.62 bits per heavy atom. The van der Waals surface area contributed by atoms with Crippen molar-refractivity contribution in [3.63, 3.8) is 0 Å². The number of likely N-dealkylation sites (N-methyl/N-ethyl adjacent to an activating group) is 1. The van der Waals surface area contributed by atoms with Crippen LogP contribution in [0.4, 0.5) is 5.69 Å². The molecule has 2 aromatic carbocycles. The summed E-state index contributed by atoms with van der Waals surface area (Å²) in [4.78, 5) is 27.5. The first kappa shape index (κ1) is 25.4. The van der Waals surface area contributed by atoms with Gasteiger partial charge in [-0.05, 0) is 51.3 Å². The Hall–Kier alpha value is -2.87. The van der Waals surface area contributed by atoms with Crippen LogP contribution in [0.2, 0.25) is 0 Å². The number of hydrogen-bond donors (Lipinski definition) is 1. The minimum absolute atomic E-state index is 0.198. The van der Waals surface area contributed by atoms with Crippen LogP contribution < -0.4 is 9.62 Å². The topological polar surface area (TPSA) is 86.8 Å².